The van der Waals surface area contributed by atoms with Crippen molar-refractivity contribution < 1.29 is 52.3 Å². The van der Waals surface area contributed by atoms with E-state index in [4.69, 9.17) is 38.9 Å². The molecule has 5 atom stereocenters. The minimum absolute atomic E-state index is 0.0426. The van der Waals surface area contributed by atoms with E-state index >= 15 is 0 Å². The van der Waals surface area contributed by atoms with Gasteiger partial charge in [-0.2, -0.15) is 0 Å². The molecule has 14 nitrogen and oxygen atoms in total. The molecule has 46 heavy (non-hydrogen) atoms. The number of ether oxygens (including phenoxy) is 7. The molecule has 254 valence electrons. The van der Waals surface area contributed by atoms with Crippen molar-refractivity contribution in [3.05, 3.63) is 28.6 Å². The molecule has 1 aliphatic rings. The SMILES string of the molecule is CCCCCCCCOc1c(OC[C@@H]2O[C@@H](OC(C)=O)[C@@H](OC(C)=O)[C@H](OC(C)=O)[C@H]2OC(C)=O)c2ccc(N)cc2n(C)c1=O. The number of nitrogen functional groups attached to an aromatic ring is 1. The number of hydrogen-bond donors (Lipinski definition) is 1. The first-order valence-electron chi connectivity index (χ1n) is 15.4. The van der Waals surface area contributed by atoms with Gasteiger partial charge in [-0.15, -0.1) is 0 Å². The van der Waals surface area contributed by atoms with E-state index in [1.165, 1.54) is 4.57 Å². The van der Waals surface area contributed by atoms with Crippen molar-refractivity contribution in [3.8, 4) is 11.5 Å². The average Bonchev–Trinajstić information content (AvgIpc) is 2.97. The summed E-state index contributed by atoms with van der Waals surface area (Å²) in [6.07, 6.45) is -0.998. The van der Waals surface area contributed by atoms with E-state index < -0.39 is 66.7 Å². The smallest absolute Gasteiger partial charge is 0.305 e. The van der Waals surface area contributed by atoms with Gasteiger partial charge in [0.15, 0.2) is 18.0 Å². The summed E-state index contributed by atoms with van der Waals surface area (Å²) >= 11 is 0. The quantitative estimate of drug-likeness (QED) is 0.129. The van der Waals surface area contributed by atoms with E-state index in [1.54, 1.807) is 25.2 Å². The molecule has 0 unspecified atom stereocenters. The molecule has 3 rings (SSSR count). The second-order valence-electron chi connectivity index (χ2n) is 11.1. The molecule has 1 aliphatic heterocycles. The van der Waals surface area contributed by atoms with Crippen molar-refractivity contribution in [2.24, 2.45) is 7.05 Å². The van der Waals surface area contributed by atoms with E-state index in [-0.39, 0.29) is 18.1 Å². The fraction of sp³-hybridized carbons (Fsp3) is 0.594. The van der Waals surface area contributed by atoms with Crippen LogP contribution in [0, 0.1) is 0 Å². The summed E-state index contributed by atoms with van der Waals surface area (Å²) < 4.78 is 41.2. The van der Waals surface area contributed by atoms with Crippen molar-refractivity contribution in [1.29, 1.82) is 0 Å². The van der Waals surface area contributed by atoms with Crippen LogP contribution in [0.4, 0.5) is 5.69 Å². The Morgan fingerprint density at radius 2 is 1.37 bits per heavy atom. The number of pyridine rings is 1. The van der Waals surface area contributed by atoms with Crippen LogP contribution in [0.5, 0.6) is 11.5 Å². The van der Waals surface area contributed by atoms with Gasteiger partial charge in [0.2, 0.25) is 18.1 Å². The summed E-state index contributed by atoms with van der Waals surface area (Å²) in [5.41, 5.74) is 6.44. The molecule has 0 saturated carbocycles. The number of benzene rings is 1. The number of anilines is 1. The first-order valence-corrected chi connectivity index (χ1v) is 15.4. The molecule has 0 aliphatic carbocycles. The highest BCUT2D eigenvalue weighted by atomic mass is 16.7. The highest BCUT2D eigenvalue weighted by molar-refractivity contribution is 5.90. The van der Waals surface area contributed by atoms with Crippen LogP contribution < -0.4 is 20.8 Å². The third-order valence-corrected chi connectivity index (χ3v) is 7.25. The maximum Gasteiger partial charge on any atom is 0.305 e. The highest BCUT2D eigenvalue weighted by Gasteiger charge is 2.53. The second kappa shape index (κ2) is 16.8. The molecule has 2 heterocycles. The Morgan fingerprint density at radius 3 is 2.00 bits per heavy atom. The Balaban J connectivity index is 2.01. The zero-order valence-electron chi connectivity index (χ0n) is 27.2. The zero-order valence-corrected chi connectivity index (χ0v) is 27.2. The van der Waals surface area contributed by atoms with Gasteiger partial charge in [-0.05, 0) is 24.6 Å². The largest absolute Gasteiger partial charge is 0.486 e. The molecule has 1 fully saturated rings. The number of esters is 4. The fourth-order valence-electron chi connectivity index (χ4n) is 5.24. The maximum atomic E-state index is 13.5. The molecule has 2 aromatic rings. The monoisotopic (exact) mass is 648 g/mol. The number of unbranched alkanes of at least 4 members (excludes halogenated alkanes) is 5. The molecule has 0 bridgehead atoms. The number of rotatable bonds is 15. The predicted octanol–water partition coefficient (Wildman–Crippen LogP) is 3.32. The molecule has 0 spiro atoms. The van der Waals surface area contributed by atoms with E-state index in [2.05, 4.69) is 6.92 Å². The van der Waals surface area contributed by atoms with E-state index in [0.717, 1.165) is 66.2 Å². The van der Waals surface area contributed by atoms with Gasteiger partial charge in [-0.25, -0.2) is 0 Å². The fourth-order valence-corrected chi connectivity index (χ4v) is 5.24. The van der Waals surface area contributed by atoms with Gasteiger partial charge in [-0.3, -0.25) is 24.0 Å². The summed E-state index contributed by atoms with van der Waals surface area (Å²) in [7, 11) is 1.59. The molecule has 0 amide bonds. The van der Waals surface area contributed by atoms with Crippen LogP contribution in [0.2, 0.25) is 0 Å². The molecule has 1 saturated heterocycles. The van der Waals surface area contributed by atoms with Gasteiger partial charge in [0.05, 0.1) is 12.1 Å². The van der Waals surface area contributed by atoms with Crippen molar-refractivity contribution in [3.63, 3.8) is 0 Å². The minimum Gasteiger partial charge on any atom is -0.486 e. The average molecular weight is 649 g/mol. The summed E-state index contributed by atoms with van der Waals surface area (Å²) in [5, 5.41) is 0.500. The van der Waals surface area contributed by atoms with E-state index in [1.807, 2.05) is 0 Å². The van der Waals surface area contributed by atoms with Crippen LogP contribution >= 0.6 is 0 Å². The molecular weight excluding hydrogens is 604 g/mol. The zero-order chi connectivity index (χ0) is 34.0. The Labute approximate surface area is 267 Å². The topological polar surface area (TPSA) is 181 Å². The number of aromatic nitrogens is 1. The van der Waals surface area contributed by atoms with Gasteiger partial charge in [0.1, 0.15) is 12.7 Å². The minimum atomic E-state index is -1.56. The third-order valence-electron chi connectivity index (χ3n) is 7.25. The number of carbonyl (C=O) groups excluding carboxylic acids is 4. The van der Waals surface area contributed by atoms with Gasteiger partial charge in [0.25, 0.3) is 5.56 Å². The summed E-state index contributed by atoms with van der Waals surface area (Å²) in [6.45, 7) is 6.47. The lowest BCUT2D eigenvalue weighted by atomic mass is 9.98. The third kappa shape index (κ3) is 9.59. The lowest BCUT2D eigenvalue weighted by molar-refractivity contribution is -0.298. The molecule has 14 heteroatoms. The van der Waals surface area contributed by atoms with Gasteiger partial charge in [0, 0.05) is 45.8 Å². The molecule has 1 aromatic heterocycles. The van der Waals surface area contributed by atoms with Crippen molar-refractivity contribution in [2.45, 2.75) is 104 Å². The first-order chi connectivity index (χ1) is 21.8. The predicted molar refractivity (Wildman–Crippen MR) is 165 cm³/mol. The van der Waals surface area contributed by atoms with Crippen LogP contribution in [0.3, 0.4) is 0 Å². The maximum absolute atomic E-state index is 13.5. The van der Waals surface area contributed by atoms with Crippen LogP contribution in [-0.4, -0.2) is 72.4 Å². The number of hydrogen-bond acceptors (Lipinski definition) is 13. The molecular formula is C32H44N2O12. The summed E-state index contributed by atoms with van der Waals surface area (Å²) in [6, 6.07) is 4.95. The molecule has 0 radical (unpaired) electrons. The number of nitrogens with zero attached hydrogens (tertiary/aromatic N) is 1. The number of fused-ring (bicyclic) bond motifs is 1. The Hall–Kier alpha value is -4.33. The lowest BCUT2D eigenvalue weighted by Crippen LogP contribution is -2.63. The van der Waals surface area contributed by atoms with E-state index in [9.17, 15) is 24.0 Å². The van der Waals surface area contributed by atoms with E-state index in [0.29, 0.717) is 16.6 Å². The van der Waals surface area contributed by atoms with Crippen LogP contribution in [0.1, 0.15) is 73.1 Å². The Bertz CT molecular complexity index is 1450. The van der Waals surface area contributed by atoms with Crippen molar-refractivity contribution in [1.82, 2.24) is 4.57 Å². The normalized spacial score (nSPS) is 20.9. The summed E-state index contributed by atoms with van der Waals surface area (Å²) in [5.74, 6) is -3.08. The van der Waals surface area contributed by atoms with Crippen LogP contribution in [-0.2, 0) is 49.9 Å². The Morgan fingerprint density at radius 1 is 0.783 bits per heavy atom. The summed E-state index contributed by atoms with van der Waals surface area (Å²) in [4.78, 5) is 61.8. The number of aryl methyl sites for hydroxylation is 1. The van der Waals surface area contributed by atoms with Crippen LogP contribution in [0.15, 0.2) is 23.0 Å². The lowest BCUT2D eigenvalue weighted by Gasteiger charge is -2.43. The first kappa shape index (κ1) is 36.1. The number of nitrogens with two attached hydrogens (primary N) is 1. The van der Waals surface area contributed by atoms with Gasteiger partial charge >= 0.3 is 23.9 Å². The van der Waals surface area contributed by atoms with Gasteiger partial charge < -0.3 is 43.5 Å². The number of carbonyl (C=O) groups is 4. The molecule has 1 aromatic carbocycles. The van der Waals surface area contributed by atoms with Crippen molar-refractivity contribution in [2.75, 3.05) is 18.9 Å². The highest BCUT2D eigenvalue weighted by Crippen LogP contribution is 2.36. The van der Waals surface area contributed by atoms with Crippen molar-refractivity contribution >= 4 is 40.5 Å². The second-order valence-corrected chi connectivity index (χ2v) is 11.1. The van der Waals surface area contributed by atoms with Crippen LogP contribution in [0.25, 0.3) is 10.9 Å². The molecule has 2 N–H and O–H groups in total. The Kier molecular flexibility index (Phi) is 13.2. The standard InChI is InChI=1S/C32H44N2O12/c1-7-8-9-10-11-12-15-40-29-26(23-14-13-22(33)16-24(23)34(6)31(29)39)41-17-25-27(42-18(2)35)28(43-19(3)36)30(44-20(4)37)32(46-25)45-21(5)38/h13-14,16,25,27-28,30,32H,7-12,15,17,33H2,1-6H3/t25-,27-,28+,30-,32+/m0/s1. The van der Waals surface area contributed by atoms with Gasteiger partial charge in [-0.1, -0.05) is 39.0 Å².